The second-order valence-electron chi connectivity index (χ2n) is 6.88. The van der Waals surface area contributed by atoms with Crippen LogP contribution in [-0.4, -0.2) is 24.6 Å². The molecule has 2 aromatic heterocycles. The molecule has 0 aliphatic heterocycles. The number of hydrogen-bond acceptors (Lipinski definition) is 3. The van der Waals surface area contributed by atoms with Crippen LogP contribution in [0.1, 0.15) is 18.1 Å². The molecule has 0 saturated heterocycles. The Morgan fingerprint density at radius 2 is 1.69 bits per heavy atom. The molecule has 0 radical (unpaired) electrons. The molecule has 0 saturated carbocycles. The molecule has 29 heavy (non-hydrogen) atoms. The third-order valence-electron chi connectivity index (χ3n) is 5.05. The van der Waals surface area contributed by atoms with Crippen LogP contribution in [0.25, 0.3) is 11.0 Å². The van der Waals surface area contributed by atoms with E-state index in [-0.39, 0.29) is 18.1 Å². The van der Waals surface area contributed by atoms with Gasteiger partial charge in [-0.05, 0) is 30.2 Å². The first kappa shape index (κ1) is 18.7. The van der Waals surface area contributed by atoms with E-state index in [1.54, 1.807) is 17.1 Å². The van der Waals surface area contributed by atoms with Gasteiger partial charge in [-0.25, -0.2) is 9.78 Å². The number of carbonyl (C=O) groups excluding carboxylic acids is 1. The van der Waals surface area contributed by atoms with Crippen molar-refractivity contribution in [3.63, 3.8) is 0 Å². The van der Waals surface area contributed by atoms with Gasteiger partial charge in [0.1, 0.15) is 6.54 Å². The summed E-state index contributed by atoms with van der Waals surface area (Å²) in [6, 6.07) is 15.5. The number of aryl methyl sites for hydroxylation is 1. The van der Waals surface area contributed by atoms with E-state index in [1.807, 2.05) is 66.2 Å². The number of imidazole rings is 2. The molecule has 148 valence electrons. The van der Waals surface area contributed by atoms with E-state index in [4.69, 9.17) is 0 Å². The van der Waals surface area contributed by atoms with Gasteiger partial charge in [-0.2, -0.15) is 0 Å². The fourth-order valence-corrected chi connectivity index (χ4v) is 3.59. The Morgan fingerprint density at radius 3 is 2.38 bits per heavy atom. The number of fused-ring (bicyclic) bond motifs is 1. The van der Waals surface area contributed by atoms with Crippen LogP contribution in [0.2, 0.25) is 0 Å². The Hall–Kier alpha value is -3.61. The minimum absolute atomic E-state index is 0.00393. The van der Waals surface area contributed by atoms with Crippen LogP contribution in [-0.2, 0) is 31.0 Å². The van der Waals surface area contributed by atoms with Crippen molar-refractivity contribution in [2.24, 2.45) is 0 Å². The molecule has 0 unspecified atom stereocenters. The highest BCUT2D eigenvalue weighted by molar-refractivity contribution is 5.81. The molecular weight excluding hydrogens is 366 g/mol. The molecule has 1 N–H and O–H groups in total. The van der Waals surface area contributed by atoms with Crippen molar-refractivity contribution in [1.82, 2.24) is 24.0 Å². The number of rotatable bonds is 7. The van der Waals surface area contributed by atoms with Gasteiger partial charge in [0.2, 0.25) is 5.91 Å². The van der Waals surface area contributed by atoms with Crippen molar-refractivity contribution >= 4 is 16.9 Å². The maximum atomic E-state index is 12.7. The molecule has 0 aliphatic carbocycles. The summed E-state index contributed by atoms with van der Waals surface area (Å²) in [6.45, 7) is 3.58. The lowest BCUT2D eigenvalue weighted by molar-refractivity contribution is -0.121. The summed E-state index contributed by atoms with van der Waals surface area (Å²) in [7, 11) is 0. The molecule has 2 aromatic carbocycles. The van der Waals surface area contributed by atoms with Crippen LogP contribution in [0, 0.1) is 0 Å². The number of amides is 1. The van der Waals surface area contributed by atoms with Gasteiger partial charge in [-0.1, -0.05) is 36.4 Å². The Kier molecular flexibility index (Phi) is 5.29. The third-order valence-corrected chi connectivity index (χ3v) is 5.05. The molecule has 0 atom stereocenters. The van der Waals surface area contributed by atoms with Crippen LogP contribution in [0.4, 0.5) is 0 Å². The molecule has 7 heteroatoms. The molecule has 0 spiro atoms. The average molecular weight is 389 g/mol. The second-order valence-corrected chi connectivity index (χ2v) is 6.88. The number of aromatic nitrogens is 4. The number of nitrogens with zero attached hydrogens (tertiary/aromatic N) is 4. The monoisotopic (exact) mass is 389 g/mol. The SMILES string of the molecule is CCn1c(=O)n(CC(=O)NCc2ccccc2Cn2ccnc2)c2ccccc21. The lowest BCUT2D eigenvalue weighted by atomic mass is 10.1. The molecule has 4 aromatic rings. The van der Waals surface area contributed by atoms with Gasteiger partial charge >= 0.3 is 5.69 Å². The van der Waals surface area contributed by atoms with Crippen molar-refractivity contribution in [2.45, 2.75) is 33.1 Å². The maximum absolute atomic E-state index is 12.7. The molecule has 7 nitrogen and oxygen atoms in total. The van der Waals surface area contributed by atoms with E-state index in [9.17, 15) is 9.59 Å². The smallest absolute Gasteiger partial charge is 0.329 e. The van der Waals surface area contributed by atoms with E-state index in [0.717, 1.165) is 22.2 Å². The zero-order valence-electron chi connectivity index (χ0n) is 16.3. The summed E-state index contributed by atoms with van der Waals surface area (Å²) in [5.74, 6) is -0.191. The van der Waals surface area contributed by atoms with Crippen molar-refractivity contribution in [1.29, 1.82) is 0 Å². The molecule has 0 aliphatic rings. The largest absolute Gasteiger partial charge is 0.350 e. The first-order valence-electron chi connectivity index (χ1n) is 9.64. The van der Waals surface area contributed by atoms with Gasteiger partial charge < -0.3 is 9.88 Å². The second kappa shape index (κ2) is 8.18. The van der Waals surface area contributed by atoms with Crippen molar-refractivity contribution < 1.29 is 4.79 Å². The van der Waals surface area contributed by atoms with Crippen LogP contribution in [0.15, 0.2) is 72.0 Å². The third kappa shape index (κ3) is 3.85. The summed E-state index contributed by atoms with van der Waals surface area (Å²) >= 11 is 0. The molecule has 4 rings (SSSR count). The highest BCUT2D eigenvalue weighted by Gasteiger charge is 2.14. The van der Waals surface area contributed by atoms with Crippen LogP contribution in [0.3, 0.4) is 0 Å². The van der Waals surface area contributed by atoms with Gasteiger partial charge in [-0.3, -0.25) is 13.9 Å². The normalized spacial score (nSPS) is 11.1. The fraction of sp³-hybridized carbons (Fsp3) is 0.227. The van der Waals surface area contributed by atoms with E-state index >= 15 is 0 Å². The predicted octanol–water partition coefficient (Wildman–Crippen LogP) is 2.38. The van der Waals surface area contributed by atoms with Gasteiger partial charge in [0.15, 0.2) is 0 Å². The van der Waals surface area contributed by atoms with Crippen LogP contribution < -0.4 is 11.0 Å². The topological polar surface area (TPSA) is 73.8 Å². The molecule has 2 heterocycles. The molecule has 0 fully saturated rings. The summed E-state index contributed by atoms with van der Waals surface area (Å²) in [5, 5.41) is 2.95. The Balaban J connectivity index is 1.49. The summed E-state index contributed by atoms with van der Waals surface area (Å²) in [6.07, 6.45) is 5.42. The Bertz CT molecular complexity index is 1190. The Morgan fingerprint density at radius 1 is 1.00 bits per heavy atom. The zero-order valence-corrected chi connectivity index (χ0v) is 16.3. The van der Waals surface area contributed by atoms with E-state index in [2.05, 4.69) is 10.3 Å². The van der Waals surface area contributed by atoms with Gasteiger partial charge in [0.25, 0.3) is 0 Å². The summed E-state index contributed by atoms with van der Waals surface area (Å²) < 4.78 is 5.20. The standard InChI is InChI=1S/C22H23N5O2/c1-2-26-19-9-5-6-10-20(19)27(22(26)29)15-21(28)24-13-17-7-3-4-8-18(17)14-25-12-11-23-16-25/h3-12,16H,2,13-15H2,1H3,(H,24,28). The van der Waals surface area contributed by atoms with Crippen molar-refractivity contribution in [3.05, 3.63) is 88.9 Å². The first-order valence-corrected chi connectivity index (χ1v) is 9.64. The molecule has 1 amide bonds. The average Bonchev–Trinajstić information content (AvgIpc) is 3.34. The van der Waals surface area contributed by atoms with Gasteiger partial charge in [0.05, 0.1) is 17.4 Å². The van der Waals surface area contributed by atoms with Crippen molar-refractivity contribution in [3.8, 4) is 0 Å². The minimum atomic E-state index is -0.191. The van der Waals surface area contributed by atoms with E-state index in [0.29, 0.717) is 19.6 Å². The quantitative estimate of drug-likeness (QED) is 0.527. The number of para-hydroxylation sites is 2. The maximum Gasteiger partial charge on any atom is 0.329 e. The summed E-state index contributed by atoms with van der Waals surface area (Å²) in [4.78, 5) is 29.4. The van der Waals surface area contributed by atoms with Crippen LogP contribution in [0.5, 0.6) is 0 Å². The van der Waals surface area contributed by atoms with E-state index in [1.165, 1.54) is 4.57 Å². The van der Waals surface area contributed by atoms with Crippen LogP contribution >= 0.6 is 0 Å². The van der Waals surface area contributed by atoms with Gasteiger partial charge in [-0.15, -0.1) is 0 Å². The highest BCUT2D eigenvalue weighted by Crippen LogP contribution is 2.13. The number of carbonyl (C=O) groups is 1. The number of nitrogens with one attached hydrogen (secondary N) is 1. The number of hydrogen-bond donors (Lipinski definition) is 1. The highest BCUT2D eigenvalue weighted by atomic mass is 16.2. The first-order chi connectivity index (χ1) is 14.2. The lowest BCUT2D eigenvalue weighted by Gasteiger charge is -2.11. The minimum Gasteiger partial charge on any atom is -0.350 e. The number of benzene rings is 2. The molecular formula is C22H23N5O2. The Labute approximate surface area is 168 Å². The predicted molar refractivity (Wildman–Crippen MR) is 111 cm³/mol. The fourth-order valence-electron chi connectivity index (χ4n) is 3.59. The lowest BCUT2D eigenvalue weighted by Crippen LogP contribution is -2.33. The van der Waals surface area contributed by atoms with E-state index < -0.39 is 0 Å². The van der Waals surface area contributed by atoms with Gasteiger partial charge in [0, 0.05) is 32.0 Å². The molecule has 0 bridgehead atoms. The van der Waals surface area contributed by atoms with Crippen molar-refractivity contribution in [2.75, 3.05) is 0 Å². The zero-order chi connectivity index (χ0) is 20.2. The summed E-state index contributed by atoms with van der Waals surface area (Å²) in [5.41, 5.74) is 3.61.